The number of benzene rings is 1. The molecule has 3 heterocycles. The molecule has 0 saturated heterocycles. The van der Waals surface area contributed by atoms with Gasteiger partial charge in [0.1, 0.15) is 17.7 Å². The van der Waals surface area contributed by atoms with E-state index in [1.165, 1.54) is 17.5 Å². The molecule has 3 aromatic heterocycles. The summed E-state index contributed by atoms with van der Waals surface area (Å²) in [4.78, 5) is 15.9. The molecule has 24 heavy (non-hydrogen) atoms. The first-order valence-electron chi connectivity index (χ1n) is 7.70. The molecule has 4 rings (SSSR count). The molecule has 0 aliphatic heterocycles. The lowest BCUT2D eigenvalue weighted by molar-refractivity contribution is 0.687. The standard InChI is InChI=1S/C17H17N7/c1-11-3-5-13(6-4-11)8-24-9-14(7-20-24)23-17-15-16(18-10-19-17)22-12(2)21-15/h3-7,9-10H,8H2,1-2H3,(H2,18,19,21,22,23). The predicted octanol–water partition coefficient (Wildman–Crippen LogP) is 2.96. The second-order valence-electron chi connectivity index (χ2n) is 5.78. The fourth-order valence-electron chi connectivity index (χ4n) is 2.57. The van der Waals surface area contributed by atoms with Crippen LogP contribution in [0.4, 0.5) is 11.5 Å². The van der Waals surface area contributed by atoms with Gasteiger partial charge in [0.2, 0.25) is 0 Å². The maximum atomic E-state index is 4.40. The Morgan fingerprint density at radius 1 is 1.12 bits per heavy atom. The third-order valence-corrected chi connectivity index (χ3v) is 3.77. The SMILES string of the molecule is Cc1ccc(Cn2cc(Nc3ncnc4nc(C)[nH]c34)cn2)cc1. The lowest BCUT2D eigenvalue weighted by Gasteiger charge is -2.03. The molecule has 0 bridgehead atoms. The first-order chi connectivity index (χ1) is 11.7. The van der Waals surface area contributed by atoms with Crippen LogP contribution < -0.4 is 5.32 Å². The minimum atomic E-state index is 0.650. The van der Waals surface area contributed by atoms with Crippen molar-refractivity contribution in [2.24, 2.45) is 0 Å². The first-order valence-corrected chi connectivity index (χ1v) is 7.70. The molecule has 0 atom stereocenters. The van der Waals surface area contributed by atoms with Gasteiger partial charge in [-0.15, -0.1) is 0 Å². The molecule has 7 nitrogen and oxygen atoms in total. The van der Waals surface area contributed by atoms with E-state index >= 15 is 0 Å². The molecule has 2 N–H and O–H groups in total. The van der Waals surface area contributed by atoms with E-state index in [0.29, 0.717) is 11.5 Å². The van der Waals surface area contributed by atoms with Gasteiger partial charge in [0.15, 0.2) is 11.5 Å². The van der Waals surface area contributed by atoms with Crippen LogP contribution in [0.25, 0.3) is 11.2 Å². The number of aryl methyl sites for hydroxylation is 2. The number of hydrogen-bond acceptors (Lipinski definition) is 5. The molecule has 0 aliphatic rings. The van der Waals surface area contributed by atoms with E-state index in [1.54, 1.807) is 6.20 Å². The molecule has 0 unspecified atom stereocenters. The van der Waals surface area contributed by atoms with Crippen molar-refractivity contribution >= 4 is 22.7 Å². The highest BCUT2D eigenvalue weighted by molar-refractivity contribution is 5.84. The molecule has 1 aromatic carbocycles. The monoisotopic (exact) mass is 319 g/mol. The van der Waals surface area contributed by atoms with Crippen LogP contribution in [-0.4, -0.2) is 29.7 Å². The topological polar surface area (TPSA) is 84.3 Å². The minimum Gasteiger partial charge on any atom is -0.338 e. The first kappa shape index (κ1) is 14.4. The van der Waals surface area contributed by atoms with Crippen molar-refractivity contribution in [3.63, 3.8) is 0 Å². The summed E-state index contributed by atoms with van der Waals surface area (Å²) in [5.74, 6) is 1.50. The average Bonchev–Trinajstić information content (AvgIpc) is 3.16. The van der Waals surface area contributed by atoms with Crippen molar-refractivity contribution in [3.05, 3.63) is 59.9 Å². The summed E-state index contributed by atoms with van der Waals surface area (Å²) in [5.41, 5.74) is 4.78. The van der Waals surface area contributed by atoms with E-state index in [2.05, 4.69) is 61.5 Å². The highest BCUT2D eigenvalue weighted by atomic mass is 15.3. The zero-order valence-electron chi connectivity index (χ0n) is 13.5. The van der Waals surface area contributed by atoms with Crippen LogP contribution in [0.1, 0.15) is 17.0 Å². The van der Waals surface area contributed by atoms with Gasteiger partial charge in [0.25, 0.3) is 0 Å². The highest BCUT2D eigenvalue weighted by Gasteiger charge is 2.09. The zero-order valence-corrected chi connectivity index (χ0v) is 13.5. The third-order valence-electron chi connectivity index (χ3n) is 3.77. The maximum absolute atomic E-state index is 4.40. The average molecular weight is 319 g/mol. The number of aromatic nitrogens is 6. The predicted molar refractivity (Wildman–Crippen MR) is 92.2 cm³/mol. The van der Waals surface area contributed by atoms with Crippen LogP contribution in [0.5, 0.6) is 0 Å². The molecule has 0 spiro atoms. The second-order valence-corrected chi connectivity index (χ2v) is 5.78. The molecule has 7 heteroatoms. The Morgan fingerprint density at radius 2 is 1.96 bits per heavy atom. The lowest BCUT2D eigenvalue weighted by Crippen LogP contribution is -2.00. The Labute approximate surface area is 138 Å². The number of nitrogens with zero attached hydrogens (tertiary/aromatic N) is 5. The largest absolute Gasteiger partial charge is 0.338 e. The number of anilines is 2. The molecule has 0 fully saturated rings. The number of nitrogens with one attached hydrogen (secondary N) is 2. The van der Waals surface area contributed by atoms with Crippen LogP contribution in [0.3, 0.4) is 0 Å². The molecule has 0 saturated carbocycles. The number of imidazole rings is 1. The summed E-state index contributed by atoms with van der Waals surface area (Å²) in [5, 5.41) is 7.67. The van der Waals surface area contributed by atoms with E-state index in [9.17, 15) is 0 Å². The van der Waals surface area contributed by atoms with Crippen LogP contribution in [0, 0.1) is 13.8 Å². The molecular formula is C17H17N7. The Kier molecular flexibility index (Phi) is 3.45. The molecule has 0 aliphatic carbocycles. The van der Waals surface area contributed by atoms with E-state index in [0.717, 1.165) is 23.6 Å². The quantitative estimate of drug-likeness (QED) is 0.604. The van der Waals surface area contributed by atoms with Gasteiger partial charge in [-0.25, -0.2) is 15.0 Å². The van der Waals surface area contributed by atoms with Crippen molar-refractivity contribution in [1.82, 2.24) is 29.7 Å². The van der Waals surface area contributed by atoms with Crippen molar-refractivity contribution in [3.8, 4) is 0 Å². The van der Waals surface area contributed by atoms with Gasteiger partial charge in [-0.2, -0.15) is 5.10 Å². The van der Waals surface area contributed by atoms with Gasteiger partial charge in [0.05, 0.1) is 18.4 Å². The molecule has 4 aromatic rings. The Morgan fingerprint density at radius 3 is 2.79 bits per heavy atom. The highest BCUT2D eigenvalue weighted by Crippen LogP contribution is 2.20. The Hall–Kier alpha value is -3.22. The van der Waals surface area contributed by atoms with Gasteiger partial charge in [-0.05, 0) is 19.4 Å². The van der Waals surface area contributed by atoms with Crippen LogP contribution >= 0.6 is 0 Å². The van der Waals surface area contributed by atoms with Crippen molar-refractivity contribution in [1.29, 1.82) is 0 Å². The number of rotatable bonds is 4. The Balaban J connectivity index is 1.55. The number of H-pyrrole nitrogens is 1. The summed E-state index contributed by atoms with van der Waals surface area (Å²) in [6.45, 7) is 4.70. The summed E-state index contributed by atoms with van der Waals surface area (Å²) in [6, 6.07) is 8.45. The van der Waals surface area contributed by atoms with E-state index in [-0.39, 0.29) is 0 Å². The number of aromatic amines is 1. The molecular weight excluding hydrogens is 302 g/mol. The lowest BCUT2D eigenvalue weighted by atomic mass is 10.1. The Bertz CT molecular complexity index is 982. The molecule has 0 radical (unpaired) electrons. The second kappa shape index (κ2) is 5.77. The van der Waals surface area contributed by atoms with E-state index in [1.807, 2.05) is 17.8 Å². The van der Waals surface area contributed by atoms with Crippen molar-refractivity contribution in [2.75, 3.05) is 5.32 Å². The molecule has 0 amide bonds. The summed E-state index contributed by atoms with van der Waals surface area (Å²) < 4.78 is 1.89. The van der Waals surface area contributed by atoms with E-state index < -0.39 is 0 Å². The summed E-state index contributed by atoms with van der Waals surface area (Å²) >= 11 is 0. The minimum absolute atomic E-state index is 0.650. The zero-order chi connectivity index (χ0) is 16.5. The van der Waals surface area contributed by atoms with Gasteiger partial charge >= 0.3 is 0 Å². The van der Waals surface area contributed by atoms with Gasteiger partial charge in [-0.3, -0.25) is 4.68 Å². The van der Waals surface area contributed by atoms with Crippen LogP contribution in [0.2, 0.25) is 0 Å². The summed E-state index contributed by atoms with van der Waals surface area (Å²) in [6.07, 6.45) is 5.24. The van der Waals surface area contributed by atoms with Crippen LogP contribution in [0.15, 0.2) is 43.0 Å². The van der Waals surface area contributed by atoms with Gasteiger partial charge < -0.3 is 10.3 Å². The third kappa shape index (κ3) is 2.83. The van der Waals surface area contributed by atoms with Crippen LogP contribution in [-0.2, 0) is 6.54 Å². The van der Waals surface area contributed by atoms with Crippen molar-refractivity contribution < 1.29 is 0 Å². The van der Waals surface area contributed by atoms with E-state index in [4.69, 9.17) is 0 Å². The van der Waals surface area contributed by atoms with Gasteiger partial charge in [-0.1, -0.05) is 29.8 Å². The smallest absolute Gasteiger partial charge is 0.183 e. The van der Waals surface area contributed by atoms with Crippen molar-refractivity contribution in [2.45, 2.75) is 20.4 Å². The fraction of sp³-hybridized carbons (Fsp3) is 0.176. The maximum Gasteiger partial charge on any atom is 0.183 e. The molecule has 120 valence electrons. The summed E-state index contributed by atoms with van der Waals surface area (Å²) in [7, 11) is 0. The number of fused-ring (bicyclic) bond motifs is 1. The fourth-order valence-corrected chi connectivity index (χ4v) is 2.57. The normalized spacial score (nSPS) is 11.1. The number of hydrogen-bond donors (Lipinski definition) is 2. The van der Waals surface area contributed by atoms with Gasteiger partial charge in [0, 0.05) is 6.20 Å².